The average molecular weight is 511 g/mol. The van der Waals surface area contributed by atoms with Crippen molar-refractivity contribution in [2.75, 3.05) is 30.9 Å². The van der Waals surface area contributed by atoms with E-state index in [2.05, 4.69) is 14.8 Å². The van der Waals surface area contributed by atoms with Crippen molar-refractivity contribution in [3.05, 3.63) is 66.4 Å². The second-order valence-corrected chi connectivity index (χ2v) is 9.62. The number of pyridine rings is 1. The van der Waals surface area contributed by atoms with E-state index in [-0.39, 0.29) is 22.4 Å². The normalized spacial score (nSPS) is 14.6. The van der Waals surface area contributed by atoms with Gasteiger partial charge in [0, 0.05) is 54.4 Å². The quantitative estimate of drug-likeness (QED) is 0.222. The van der Waals surface area contributed by atoms with E-state index in [1.165, 1.54) is 23.1 Å². The standard InChI is InChI=1S/C23H22N6O4S2/c24-26-19(15-34)23(31)29-13-11-28(12-14-29)22(30)17-6-8-18(9-7-17)27-35(32,33)20-5-1-3-16-4-2-10-25-21(16)20/h1-10,15,27H,11-14,24H2. The van der Waals surface area contributed by atoms with Crippen LogP contribution in [0.4, 0.5) is 5.69 Å². The number of nitrogens with two attached hydrogens (primary N) is 1. The lowest BCUT2D eigenvalue weighted by Gasteiger charge is -2.34. The van der Waals surface area contributed by atoms with E-state index < -0.39 is 10.0 Å². The van der Waals surface area contributed by atoms with Crippen molar-refractivity contribution in [3.63, 3.8) is 0 Å². The molecule has 12 heteroatoms. The summed E-state index contributed by atoms with van der Waals surface area (Å²) in [5, 5.41) is 5.23. The molecular weight excluding hydrogens is 488 g/mol. The Kier molecular flexibility index (Phi) is 7.03. The summed E-state index contributed by atoms with van der Waals surface area (Å²) in [6, 6.07) is 14.7. The minimum atomic E-state index is -3.89. The molecule has 1 aliphatic heterocycles. The van der Waals surface area contributed by atoms with Gasteiger partial charge >= 0.3 is 0 Å². The predicted octanol–water partition coefficient (Wildman–Crippen LogP) is 1.63. The lowest BCUT2D eigenvalue weighted by molar-refractivity contribution is -0.125. The SMILES string of the molecule is NN=C(C=S)C(=O)N1CCN(C(=O)c2ccc(NS(=O)(=O)c3cccc4cccnc34)cc2)CC1. The lowest BCUT2D eigenvalue weighted by atomic mass is 10.1. The first-order valence-corrected chi connectivity index (χ1v) is 12.6. The third-order valence-corrected chi connectivity index (χ3v) is 7.23. The number of hydrazone groups is 1. The number of carbonyl (C=O) groups is 2. The van der Waals surface area contributed by atoms with Gasteiger partial charge in [-0.1, -0.05) is 30.4 Å². The molecule has 0 saturated carbocycles. The molecule has 0 bridgehead atoms. The van der Waals surface area contributed by atoms with E-state index in [4.69, 9.17) is 18.1 Å². The number of aromatic nitrogens is 1. The number of nitrogens with one attached hydrogen (secondary N) is 1. The first-order valence-electron chi connectivity index (χ1n) is 10.6. The van der Waals surface area contributed by atoms with Gasteiger partial charge < -0.3 is 15.6 Å². The number of rotatable bonds is 6. The maximum Gasteiger partial charge on any atom is 0.275 e. The summed E-state index contributed by atoms with van der Waals surface area (Å²) in [7, 11) is -3.89. The Balaban J connectivity index is 1.42. The molecule has 10 nitrogen and oxygen atoms in total. The Morgan fingerprint density at radius 2 is 1.66 bits per heavy atom. The average Bonchev–Trinajstić information content (AvgIpc) is 2.89. The molecule has 2 amide bonds. The molecule has 3 aromatic rings. The number of hydrogen-bond donors (Lipinski definition) is 2. The Hall–Kier alpha value is -3.90. The van der Waals surface area contributed by atoms with Crippen LogP contribution in [0.1, 0.15) is 10.4 Å². The first kappa shape index (κ1) is 24.2. The summed E-state index contributed by atoms with van der Waals surface area (Å²) >= 11 is 4.74. The summed E-state index contributed by atoms with van der Waals surface area (Å²) in [5.74, 6) is 4.60. The van der Waals surface area contributed by atoms with Gasteiger partial charge in [0.05, 0.1) is 5.52 Å². The van der Waals surface area contributed by atoms with E-state index in [0.29, 0.717) is 48.3 Å². The van der Waals surface area contributed by atoms with Gasteiger partial charge in [0.2, 0.25) is 0 Å². The smallest absolute Gasteiger partial charge is 0.275 e. The van der Waals surface area contributed by atoms with Crippen LogP contribution >= 0.6 is 12.2 Å². The highest BCUT2D eigenvalue weighted by molar-refractivity contribution is 7.93. The Morgan fingerprint density at radius 3 is 2.31 bits per heavy atom. The molecule has 0 radical (unpaired) electrons. The van der Waals surface area contributed by atoms with Gasteiger partial charge in [-0.15, -0.1) is 0 Å². The van der Waals surface area contributed by atoms with Crippen LogP contribution in [-0.4, -0.2) is 72.3 Å². The summed E-state index contributed by atoms with van der Waals surface area (Å²) in [4.78, 5) is 32.6. The second-order valence-electron chi connectivity index (χ2n) is 7.73. The summed E-state index contributed by atoms with van der Waals surface area (Å²) < 4.78 is 28.5. The maximum absolute atomic E-state index is 13.0. The van der Waals surface area contributed by atoms with Gasteiger partial charge in [-0.25, -0.2) is 8.42 Å². The number of sulfonamides is 1. The summed E-state index contributed by atoms with van der Waals surface area (Å²) in [5.41, 5.74) is 1.10. The summed E-state index contributed by atoms with van der Waals surface area (Å²) in [6.07, 6.45) is 1.54. The molecule has 0 spiro atoms. The van der Waals surface area contributed by atoms with E-state index in [9.17, 15) is 18.0 Å². The largest absolute Gasteiger partial charge is 0.335 e. The van der Waals surface area contributed by atoms with Crippen LogP contribution in [0.5, 0.6) is 0 Å². The number of hydrogen-bond acceptors (Lipinski definition) is 8. The zero-order valence-electron chi connectivity index (χ0n) is 18.5. The molecule has 1 fully saturated rings. The molecule has 0 aliphatic carbocycles. The number of nitrogens with zero attached hydrogens (tertiary/aromatic N) is 4. The van der Waals surface area contributed by atoms with Crippen molar-refractivity contribution in [1.29, 1.82) is 0 Å². The molecule has 3 N–H and O–H groups in total. The molecule has 0 unspecified atom stereocenters. The van der Waals surface area contributed by atoms with Gasteiger partial charge in [-0.2, -0.15) is 5.10 Å². The zero-order valence-corrected chi connectivity index (χ0v) is 20.1. The van der Waals surface area contributed by atoms with Crippen LogP contribution in [-0.2, 0) is 14.8 Å². The van der Waals surface area contributed by atoms with Crippen LogP contribution in [0.3, 0.4) is 0 Å². The number of piperazine rings is 1. The van der Waals surface area contributed by atoms with E-state index >= 15 is 0 Å². The van der Waals surface area contributed by atoms with Crippen molar-refractivity contribution in [1.82, 2.24) is 14.8 Å². The van der Waals surface area contributed by atoms with Crippen molar-refractivity contribution < 1.29 is 18.0 Å². The van der Waals surface area contributed by atoms with Gasteiger partial charge in [-0.3, -0.25) is 19.3 Å². The number of anilines is 1. The molecular formula is C23H22N6O4S2. The number of amides is 2. The fourth-order valence-corrected chi connectivity index (χ4v) is 5.18. The number of benzene rings is 2. The number of carbonyl (C=O) groups excluding carboxylic acids is 2. The van der Waals surface area contributed by atoms with E-state index in [1.807, 2.05) is 0 Å². The van der Waals surface area contributed by atoms with Gasteiger partial charge in [0.15, 0.2) is 5.71 Å². The highest BCUT2D eigenvalue weighted by Crippen LogP contribution is 2.23. The third-order valence-electron chi connectivity index (χ3n) is 5.59. The molecule has 4 rings (SSSR count). The van der Waals surface area contributed by atoms with Crippen molar-refractivity contribution in [2.24, 2.45) is 10.9 Å². The minimum absolute atomic E-state index is 0.00269. The molecule has 35 heavy (non-hydrogen) atoms. The van der Waals surface area contributed by atoms with Gasteiger partial charge in [0.1, 0.15) is 4.90 Å². The number of thiocarbonyl (C=S) groups is 1. The van der Waals surface area contributed by atoms with Crippen LogP contribution in [0, 0.1) is 0 Å². The van der Waals surface area contributed by atoms with Crippen molar-refractivity contribution in [2.45, 2.75) is 4.90 Å². The number of para-hydroxylation sites is 1. The van der Waals surface area contributed by atoms with Gasteiger partial charge in [-0.05, 0) is 36.4 Å². The third kappa shape index (κ3) is 5.12. The maximum atomic E-state index is 13.0. The fourth-order valence-electron chi connectivity index (χ4n) is 3.78. The van der Waals surface area contributed by atoms with E-state index in [1.54, 1.807) is 47.5 Å². The lowest BCUT2D eigenvalue weighted by Crippen LogP contribution is -2.52. The van der Waals surface area contributed by atoms with Crippen LogP contribution in [0.2, 0.25) is 0 Å². The Bertz CT molecular complexity index is 1410. The summed E-state index contributed by atoms with van der Waals surface area (Å²) in [6.45, 7) is 1.32. The number of fused-ring (bicyclic) bond motifs is 1. The fraction of sp³-hybridized carbons (Fsp3) is 0.174. The van der Waals surface area contributed by atoms with Crippen LogP contribution < -0.4 is 10.6 Å². The Morgan fingerprint density at radius 1 is 1.00 bits per heavy atom. The second kappa shape index (κ2) is 10.2. The minimum Gasteiger partial charge on any atom is -0.335 e. The zero-order chi connectivity index (χ0) is 25.0. The molecule has 0 atom stereocenters. The molecule has 1 aliphatic rings. The van der Waals surface area contributed by atoms with E-state index in [0.717, 1.165) is 5.37 Å². The van der Waals surface area contributed by atoms with Crippen molar-refractivity contribution >= 4 is 61.7 Å². The van der Waals surface area contributed by atoms with Crippen LogP contribution in [0.25, 0.3) is 10.9 Å². The highest BCUT2D eigenvalue weighted by Gasteiger charge is 2.27. The Labute approximate surface area is 207 Å². The van der Waals surface area contributed by atoms with Crippen molar-refractivity contribution in [3.8, 4) is 0 Å². The topological polar surface area (TPSA) is 138 Å². The molecule has 2 aromatic carbocycles. The predicted molar refractivity (Wildman–Crippen MR) is 137 cm³/mol. The molecule has 2 heterocycles. The molecule has 1 saturated heterocycles. The highest BCUT2D eigenvalue weighted by atomic mass is 32.2. The van der Waals surface area contributed by atoms with Crippen LogP contribution in [0.15, 0.2) is 70.8 Å². The monoisotopic (exact) mass is 510 g/mol. The van der Waals surface area contributed by atoms with Gasteiger partial charge in [0.25, 0.3) is 21.8 Å². The molecule has 180 valence electrons. The first-order chi connectivity index (χ1) is 16.8. The molecule has 1 aromatic heterocycles.